The van der Waals surface area contributed by atoms with E-state index in [9.17, 15) is 19.5 Å². The molecule has 1 saturated heterocycles. The molecule has 0 radical (unpaired) electrons. The smallest absolute Gasteiger partial charge is 0.278 e. The van der Waals surface area contributed by atoms with Crippen LogP contribution in [0.5, 0.6) is 0 Å². The Hall–Kier alpha value is -2.77. The topological polar surface area (TPSA) is 102 Å². The molecule has 3 atom stereocenters. The number of hydrogen-bond acceptors (Lipinski definition) is 6. The highest BCUT2D eigenvalue weighted by Crippen LogP contribution is 2.44. The fourth-order valence-electron chi connectivity index (χ4n) is 3.77. The quantitative estimate of drug-likeness (QED) is 0.413. The fraction of sp³-hybridized carbons (Fsp3) is 0.409. The number of carbonyl (C=O) groups is 3. The van der Waals surface area contributed by atoms with Crippen molar-refractivity contribution in [1.29, 1.82) is 0 Å². The van der Waals surface area contributed by atoms with Crippen LogP contribution in [0.15, 0.2) is 53.8 Å². The van der Waals surface area contributed by atoms with E-state index in [2.05, 4.69) is 5.32 Å². The summed E-state index contributed by atoms with van der Waals surface area (Å²) < 4.78 is 11.1. The summed E-state index contributed by atoms with van der Waals surface area (Å²) in [5.74, 6) is -1.87. The molecular weight excluding hydrogens is 374 g/mol. The lowest BCUT2D eigenvalue weighted by atomic mass is 9.85. The number of carbonyl (C=O) groups excluding carboxylic acids is 3. The van der Waals surface area contributed by atoms with Crippen molar-refractivity contribution in [2.45, 2.75) is 50.5 Å². The van der Waals surface area contributed by atoms with Crippen LogP contribution in [0, 0.1) is 0 Å². The summed E-state index contributed by atoms with van der Waals surface area (Å²) in [6.07, 6.45) is 4.02. The predicted octanol–water partition coefficient (Wildman–Crippen LogP) is 2.06. The first-order chi connectivity index (χ1) is 13.8. The van der Waals surface area contributed by atoms with Crippen LogP contribution in [0.25, 0.3) is 0 Å². The SMILES string of the molecule is CC/C=C/CCC1=C(C)C(=O)C2(O1)C(=O)N[C@](OC)(C(=O)c1ccccc1)[C@H]2O. The second-order valence-electron chi connectivity index (χ2n) is 7.12. The number of allylic oxidation sites excluding steroid dienone is 3. The Morgan fingerprint density at radius 1 is 1.28 bits per heavy atom. The average Bonchev–Trinajstić information content (AvgIpc) is 3.13. The van der Waals surface area contributed by atoms with E-state index in [1.54, 1.807) is 37.3 Å². The van der Waals surface area contributed by atoms with E-state index in [0.29, 0.717) is 18.6 Å². The van der Waals surface area contributed by atoms with Gasteiger partial charge in [0, 0.05) is 24.7 Å². The van der Waals surface area contributed by atoms with E-state index >= 15 is 0 Å². The normalized spacial score (nSPS) is 29.0. The van der Waals surface area contributed by atoms with E-state index in [0.717, 1.165) is 6.42 Å². The van der Waals surface area contributed by atoms with Crippen LogP contribution in [-0.2, 0) is 19.1 Å². The first kappa shape index (κ1) is 21.0. The number of ketones is 2. The molecule has 0 saturated carbocycles. The molecule has 1 aromatic carbocycles. The van der Waals surface area contributed by atoms with Crippen LogP contribution in [0.2, 0.25) is 0 Å². The van der Waals surface area contributed by atoms with Gasteiger partial charge in [-0.25, -0.2) is 0 Å². The van der Waals surface area contributed by atoms with Gasteiger partial charge >= 0.3 is 0 Å². The van der Waals surface area contributed by atoms with Crippen molar-refractivity contribution in [1.82, 2.24) is 5.32 Å². The van der Waals surface area contributed by atoms with Gasteiger partial charge in [-0.2, -0.15) is 0 Å². The number of aliphatic hydroxyl groups excluding tert-OH is 1. The molecule has 7 heteroatoms. The third-order valence-corrected chi connectivity index (χ3v) is 5.42. The van der Waals surface area contributed by atoms with E-state index in [1.807, 2.05) is 19.1 Å². The second-order valence-corrected chi connectivity index (χ2v) is 7.12. The highest BCUT2D eigenvalue weighted by molar-refractivity contribution is 6.23. The van der Waals surface area contributed by atoms with Gasteiger partial charge in [-0.1, -0.05) is 49.4 Å². The van der Waals surface area contributed by atoms with E-state index < -0.39 is 34.9 Å². The molecule has 2 N–H and O–H groups in total. The first-order valence-electron chi connectivity index (χ1n) is 9.59. The van der Waals surface area contributed by atoms with Crippen molar-refractivity contribution in [3.63, 3.8) is 0 Å². The number of amides is 1. The maximum absolute atomic E-state index is 13.1. The molecular formula is C22H25NO6. The van der Waals surface area contributed by atoms with Gasteiger partial charge in [0.2, 0.25) is 17.3 Å². The van der Waals surface area contributed by atoms with Crippen molar-refractivity contribution in [3.8, 4) is 0 Å². The van der Waals surface area contributed by atoms with Crippen LogP contribution in [-0.4, -0.2) is 47.1 Å². The molecule has 3 rings (SSSR count). The maximum atomic E-state index is 13.1. The number of benzene rings is 1. The number of nitrogens with one attached hydrogen (secondary N) is 1. The van der Waals surface area contributed by atoms with Gasteiger partial charge in [0.15, 0.2) is 6.10 Å². The third kappa shape index (κ3) is 3.10. The van der Waals surface area contributed by atoms with Crippen molar-refractivity contribution in [2.24, 2.45) is 0 Å². The molecule has 0 aliphatic carbocycles. The summed E-state index contributed by atoms with van der Waals surface area (Å²) in [5.41, 5.74) is -3.85. The number of aliphatic hydroxyl groups is 1. The minimum Gasteiger partial charge on any atom is -0.470 e. The molecule has 7 nitrogen and oxygen atoms in total. The van der Waals surface area contributed by atoms with Gasteiger partial charge in [0.05, 0.1) is 0 Å². The second kappa shape index (κ2) is 7.93. The monoisotopic (exact) mass is 399 g/mol. The Morgan fingerprint density at radius 2 is 1.97 bits per heavy atom. The lowest BCUT2D eigenvalue weighted by Gasteiger charge is -2.32. The van der Waals surface area contributed by atoms with Crippen molar-refractivity contribution in [2.75, 3.05) is 7.11 Å². The van der Waals surface area contributed by atoms with Gasteiger partial charge in [-0.3, -0.25) is 14.4 Å². The van der Waals surface area contributed by atoms with Crippen LogP contribution < -0.4 is 5.32 Å². The van der Waals surface area contributed by atoms with Gasteiger partial charge in [-0.05, 0) is 19.8 Å². The first-order valence-corrected chi connectivity index (χ1v) is 9.59. The molecule has 2 heterocycles. The third-order valence-electron chi connectivity index (χ3n) is 5.42. The van der Waals surface area contributed by atoms with Crippen LogP contribution in [0.1, 0.15) is 43.5 Å². The zero-order valence-corrected chi connectivity index (χ0v) is 16.7. The molecule has 1 spiro atoms. The summed E-state index contributed by atoms with van der Waals surface area (Å²) in [6, 6.07) is 8.12. The zero-order valence-electron chi connectivity index (χ0n) is 16.7. The lowest BCUT2D eigenvalue weighted by Crippen LogP contribution is -2.60. The Balaban J connectivity index is 1.94. The highest BCUT2D eigenvalue weighted by Gasteiger charge is 2.73. The van der Waals surface area contributed by atoms with Gasteiger partial charge in [0.1, 0.15) is 5.76 Å². The average molecular weight is 399 g/mol. The van der Waals surface area contributed by atoms with E-state index in [1.165, 1.54) is 7.11 Å². The standard InChI is InChI=1S/C22H25NO6/c1-4-5-6-10-13-16-14(2)17(24)21(29-16)19(26)22(28-3,23-20(21)27)18(25)15-11-8-7-9-12-15/h5-9,11-12,19,26H,4,10,13H2,1-3H3,(H,23,27)/b6-5+/t19-,21?,22-/m0/s1. The van der Waals surface area contributed by atoms with Crippen LogP contribution in [0.4, 0.5) is 0 Å². The maximum Gasteiger partial charge on any atom is 0.278 e. The number of hydrogen-bond donors (Lipinski definition) is 2. The molecule has 2 aliphatic heterocycles. The zero-order chi connectivity index (χ0) is 21.2. The Bertz CT molecular complexity index is 890. The van der Waals surface area contributed by atoms with E-state index in [-0.39, 0.29) is 11.1 Å². The summed E-state index contributed by atoms with van der Waals surface area (Å²) in [5, 5.41) is 13.5. The number of ether oxygens (including phenoxy) is 2. The van der Waals surface area contributed by atoms with Crippen molar-refractivity contribution >= 4 is 17.5 Å². The summed E-state index contributed by atoms with van der Waals surface area (Å²) in [7, 11) is 1.19. The molecule has 29 heavy (non-hydrogen) atoms. The minimum atomic E-state index is -2.23. The molecule has 0 bridgehead atoms. The summed E-state index contributed by atoms with van der Waals surface area (Å²) in [4.78, 5) is 39.1. The molecule has 0 aromatic heterocycles. The Labute approximate surface area is 169 Å². The Morgan fingerprint density at radius 3 is 2.59 bits per heavy atom. The van der Waals surface area contributed by atoms with Crippen molar-refractivity contribution in [3.05, 3.63) is 59.4 Å². The molecule has 1 unspecified atom stereocenters. The van der Waals surface area contributed by atoms with Gasteiger partial charge in [-0.15, -0.1) is 0 Å². The minimum absolute atomic E-state index is 0.228. The molecule has 1 amide bonds. The molecule has 1 fully saturated rings. The number of methoxy groups -OCH3 is 1. The number of rotatable bonds is 7. The number of Topliss-reactive ketones (excluding diaryl/α,β-unsaturated/α-hetero) is 2. The molecule has 2 aliphatic rings. The van der Waals surface area contributed by atoms with Gasteiger partial charge < -0.3 is 19.9 Å². The van der Waals surface area contributed by atoms with Crippen LogP contribution >= 0.6 is 0 Å². The highest BCUT2D eigenvalue weighted by atomic mass is 16.6. The Kier molecular flexibility index (Phi) is 5.73. The molecule has 154 valence electrons. The molecule has 1 aromatic rings. The van der Waals surface area contributed by atoms with E-state index in [4.69, 9.17) is 9.47 Å². The largest absolute Gasteiger partial charge is 0.470 e. The van der Waals surface area contributed by atoms with Crippen molar-refractivity contribution < 1.29 is 29.0 Å². The predicted molar refractivity (Wildman–Crippen MR) is 105 cm³/mol. The summed E-state index contributed by atoms with van der Waals surface area (Å²) in [6.45, 7) is 3.57. The van der Waals surface area contributed by atoms with Crippen LogP contribution in [0.3, 0.4) is 0 Å². The van der Waals surface area contributed by atoms with Gasteiger partial charge in [0.25, 0.3) is 11.5 Å². The lowest BCUT2D eigenvalue weighted by molar-refractivity contribution is -0.160. The summed E-state index contributed by atoms with van der Waals surface area (Å²) >= 11 is 0. The fourth-order valence-corrected chi connectivity index (χ4v) is 3.77.